The molecule has 0 fully saturated rings. The monoisotopic (exact) mass is 465 g/mol. The Balaban J connectivity index is 1.48. The smallest absolute Gasteiger partial charge is 0.251 e. The summed E-state index contributed by atoms with van der Waals surface area (Å²) in [4.78, 5) is 25.9. The molecule has 0 spiro atoms. The number of carbonyl (C=O) groups excluding carboxylic acids is 2. The Morgan fingerprint density at radius 1 is 1.00 bits per heavy atom. The highest BCUT2D eigenvalue weighted by Crippen LogP contribution is 2.29. The molecule has 0 bridgehead atoms. The number of halogens is 2. The zero-order valence-corrected chi connectivity index (χ0v) is 19.0. The first kappa shape index (κ1) is 23.8. The number of rotatable bonds is 8. The number of nitrogens with one attached hydrogen (secondary N) is 2. The van der Waals surface area contributed by atoms with E-state index in [-0.39, 0.29) is 18.1 Å². The molecule has 7 heteroatoms. The Labute approximate surface area is 198 Å². The van der Waals surface area contributed by atoms with Gasteiger partial charge in [-0.2, -0.15) is 0 Å². The van der Waals surface area contributed by atoms with Crippen LogP contribution in [-0.4, -0.2) is 30.8 Å². The van der Waals surface area contributed by atoms with Crippen molar-refractivity contribution in [2.75, 3.05) is 18.4 Å². The van der Waals surface area contributed by atoms with Crippen LogP contribution in [0.3, 0.4) is 0 Å². The summed E-state index contributed by atoms with van der Waals surface area (Å²) >= 11 is 0. The minimum Gasteiger partial charge on any atom is -0.376 e. The van der Waals surface area contributed by atoms with E-state index in [1.54, 1.807) is 24.3 Å². The number of ketones is 1. The number of hydrogen-bond donors (Lipinski definition) is 3. The van der Waals surface area contributed by atoms with Crippen LogP contribution in [0.2, 0.25) is 0 Å². The van der Waals surface area contributed by atoms with Gasteiger partial charge in [0.2, 0.25) is 0 Å². The molecule has 0 aromatic heterocycles. The molecule has 2 aromatic carbocycles. The number of allylic oxidation sites excluding steroid dienone is 2. The van der Waals surface area contributed by atoms with Gasteiger partial charge in [0, 0.05) is 35.0 Å². The molecule has 1 amide bonds. The normalized spacial score (nSPS) is 17.1. The van der Waals surface area contributed by atoms with E-state index in [1.165, 1.54) is 6.08 Å². The number of unbranched alkanes of at least 4 members (excludes halogenated alkanes) is 2. The first-order chi connectivity index (χ1) is 16.5. The molecular weight excluding hydrogens is 436 g/mol. The molecule has 0 aliphatic heterocycles. The maximum Gasteiger partial charge on any atom is 0.251 e. The largest absolute Gasteiger partial charge is 0.376 e. The maximum atomic E-state index is 14.1. The van der Waals surface area contributed by atoms with Gasteiger partial charge in [-0.15, -0.1) is 0 Å². The van der Waals surface area contributed by atoms with Crippen molar-refractivity contribution in [1.82, 2.24) is 5.32 Å². The van der Waals surface area contributed by atoms with Gasteiger partial charge in [-0.25, -0.2) is 8.78 Å². The molecular formula is C27H29F2N3O2. The summed E-state index contributed by atoms with van der Waals surface area (Å²) in [7, 11) is 0. The Morgan fingerprint density at radius 2 is 1.82 bits per heavy atom. The van der Waals surface area contributed by atoms with Crippen molar-refractivity contribution >= 4 is 17.4 Å². The van der Waals surface area contributed by atoms with Gasteiger partial charge in [0.15, 0.2) is 5.78 Å². The van der Waals surface area contributed by atoms with Crippen molar-refractivity contribution in [2.24, 2.45) is 5.73 Å². The second kappa shape index (κ2) is 10.7. The minimum absolute atomic E-state index is 0.125. The lowest BCUT2D eigenvalue weighted by Crippen LogP contribution is -2.25. The van der Waals surface area contributed by atoms with Crippen LogP contribution in [0.4, 0.5) is 14.5 Å². The average molecular weight is 466 g/mol. The van der Waals surface area contributed by atoms with Crippen LogP contribution < -0.4 is 16.4 Å². The fourth-order valence-electron chi connectivity index (χ4n) is 4.39. The lowest BCUT2D eigenvalue weighted by molar-refractivity contribution is 0.0953. The van der Waals surface area contributed by atoms with Gasteiger partial charge in [-0.05, 0) is 86.2 Å². The quantitative estimate of drug-likeness (QED) is 0.491. The van der Waals surface area contributed by atoms with Crippen molar-refractivity contribution < 1.29 is 18.4 Å². The topological polar surface area (TPSA) is 84.2 Å². The van der Waals surface area contributed by atoms with Crippen molar-refractivity contribution in [2.45, 2.75) is 44.6 Å². The zero-order valence-electron chi connectivity index (χ0n) is 19.0. The Bertz CT molecular complexity index is 1160. The fourth-order valence-corrected chi connectivity index (χ4v) is 4.39. The Hall–Kier alpha value is -3.32. The van der Waals surface area contributed by atoms with Crippen LogP contribution in [0.15, 0.2) is 60.2 Å². The predicted octanol–water partition coefficient (Wildman–Crippen LogP) is 4.77. The molecule has 0 heterocycles. The number of carbonyl (C=O) groups is 2. The van der Waals surface area contributed by atoms with Gasteiger partial charge >= 0.3 is 0 Å². The number of benzene rings is 2. The summed E-state index contributed by atoms with van der Waals surface area (Å²) in [6.07, 6.45) is 6.51. The van der Waals surface area contributed by atoms with Crippen molar-refractivity contribution in [3.63, 3.8) is 0 Å². The Kier molecular flexibility index (Phi) is 7.53. The van der Waals surface area contributed by atoms with Crippen molar-refractivity contribution in [3.8, 4) is 0 Å². The summed E-state index contributed by atoms with van der Waals surface area (Å²) in [5.41, 5.74) is 9.51. The summed E-state index contributed by atoms with van der Waals surface area (Å²) in [6.45, 7) is 1.22. The highest BCUT2D eigenvalue weighted by atomic mass is 19.1. The second-order valence-electron chi connectivity index (χ2n) is 8.73. The predicted molar refractivity (Wildman–Crippen MR) is 129 cm³/mol. The van der Waals surface area contributed by atoms with Crippen LogP contribution in [0.1, 0.15) is 63.1 Å². The fraction of sp³-hybridized carbons (Fsp3) is 0.333. The van der Waals surface area contributed by atoms with E-state index in [2.05, 4.69) is 10.6 Å². The molecule has 1 atom stereocenters. The molecule has 4 rings (SSSR count). The van der Waals surface area contributed by atoms with E-state index in [1.807, 2.05) is 12.1 Å². The van der Waals surface area contributed by atoms with Crippen LogP contribution in [0, 0.1) is 0 Å². The van der Waals surface area contributed by atoms with Crippen LogP contribution in [0.25, 0.3) is 0 Å². The third-order valence-electron chi connectivity index (χ3n) is 6.29. The number of nitrogens with two attached hydrogens (primary N) is 1. The molecule has 0 saturated carbocycles. The van der Waals surface area contributed by atoms with Crippen LogP contribution >= 0.6 is 0 Å². The zero-order chi connectivity index (χ0) is 24.1. The first-order valence-corrected chi connectivity index (χ1v) is 11.7. The summed E-state index contributed by atoms with van der Waals surface area (Å²) in [5, 5.41) is 5.99. The van der Waals surface area contributed by atoms with Gasteiger partial charge < -0.3 is 16.4 Å². The number of anilines is 1. The number of amides is 1. The van der Waals surface area contributed by atoms with E-state index in [0.717, 1.165) is 36.5 Å². The van der Waals surface area contributed by atoms with Crippen molar-refractivity contribution in [3.05, 3.63) is 88.0 Å². The van der Waals surface area contributed by atoms with E-state index in [4.69, 9.17) is 5.73 Å². The molecule has 2 aliphatic rings. The van der Waals surface area contributed by atoms with Crippen molar-refractivity contribution in [1.29, 1.82) is 0 Å². The second-order valence-corrected chi connectivity index (χ2v) is 8.73. The highest BCUT2D eigenvalue weighted by molar-refractivity contribution is 6.12. The van der Waals surface area contributed by atoms with E-state index >= 15 is 0 Å². The summed E-state index contributed by atoms with van der Waals surface area (Å²) < 4.78 is 27.3. The molecule has 2 aliphatic carbocycles. The third kappa shape index (κ3) is 5.42. The van der Waals surface area contributed by atoms with Gasteiger partial charge in [0.1, 0.15) is 11.7 Å². The summed E-state index contributed by atoms with van der Waals surface area (Å²) in [5.74, 6) is -1.44. The van der Waals surface area contributed by atoms with E-state index < -0.39 is 17.7 Å². The average Bonchev–Trinajstić information content (AvgIpc) is 2.97. The molecule has 5 nitrogen and oxygen atoms in total. The molecule has 4 N–H and O–H groups in total. The Morgan fingerprint density at radius 3 is 2.62 bits per heavy atom. The molecule has 0 saturated heterocycles. The first-order valence-electron chi connectivity index (χ1n) is 11.7. The molecule has 0 radical (unpaired) electrons. The highest BCUT2D eigenvalue weighted by Gasteiger charge is 2.24. The van der Waals surface area contributed by atoms with Gasteiger partial charge in [0.05, 0.1) is 6.04 Å². The van der Waals surface area contributed by atoms with Gasteiger partial charge in [-0.1, -0.05) is 12.5 Å². The number of hydrogen-bond acceptors (Lipinski definition) is 4. The van der Waals surface area contributed by atoms with Crippen LogP contribution in [0.5, 0.6) is 0 Å². The maximum absolute atomic E-state index is 14.1. The lowest BCUT2D eigenvalue weighted by atomic mass is 9.96. The molecule has 34 heavy (non-hydrogen) atoms. The molecule has 1 unspecified atom stereocenters. The SMILES string of the molecule is NCCCCCNC(=O)c1ccc2c(c1)C(=O)c1ccc(NC3CC=C(F)C=C3F)cc1CC2. The van der Waals surface area contributed by atoms with E-state index in [9.17, 15) is 18.4 Å². The third-order valence-corrected chi connectivity index (χ3v) is 6.29. The van der Waals surface area contributed by atoms with Crippen LogP contribution in [-0.2, 0) is 12.8 Å². The summed E-state index contributed by atoms with van der Waals surface area (Å²) in [6, 6.07) is 9.99. The standard InChI is InChI=1S/C27H29F2N3O2/c28-20-8-11-25(24(29)16-20)32-21-9-10-22-18(14-21)6-4-17-5-7-19(15-23(17)26(22)33)27(34)31-13-3-1-2-12-30/h5,7-10,14-16,25,32H,1-4,6,11-13,30H2,(H,31,34). The van der Waals surface area contributed by atoms with Gasteiger partial charge in [0.25, 0.3) is 5.91 Å². The number of aryl methyl sites for hydroxylation is 2. The molecule has 178 valence electrons. The van der Waals surface area contributed by atoms with E-state index in [0.29, 0.717) is 48.3 Å². The lowest BCUT2D eigenvalue weighted by Gasteiger charge is -2.20. The minimum atomic E-state index is -0.632. The number of fused-ring (bicyclic) bond motifs is 2. The molecule has 2 aromatic rings. The van der Waals surface area contributed by atoms with Gasteiger partial charge in [-0.3, -0.25) is 9.59 Å².